The summed E-state index contributed by atoms with van der Waals surface area (Å²) in [6.07, 6.45) is 23.7. The number of nitrogens with zero attached hydrogens (tertiary/aromatic N) is 5. The molecule has 90 heavy (non-hydrogen) atoms. The van der Waals surface area contributed by atoms with Crippen LogP contribution in [0.15, 0.2) is 97.1 Å². The van der Waals surface area contributed by atoms with Gasteiger partial charge < -0.3 is 54.5 Å². The Morgan fingerprint density at radius 1 is 0.533 bits per heavy atom. The fourth-order valence-electron chi connectivity index (χ4n) is 11.9. The number of phenolic OH excluding ortho intramolecular Hbond substituents is 1. The third kappa shape index (κ3) is 33.6. The molecule has 0 radical (unpaired) electrons. The van der Waals surface area contributed by atoms with Gasteiger partial charge in [-0.05, 0) is 334 Å². The van der Waals surface area contributed by atoms with Crippen LogP contribution in [-0.2, 0) is 9.59 Å². The highest BCUT2D eigenvalue weighted by atomic mass is 127. The summed E-state index contributed by atoms with van der Waals surface area (Å²) in [5.74, 6) is 5.06. The Morgan fingerprint density at radius 3 is 1.38 bits per heavy atom. The predicted octanol–water partition coefficient (Wildman–Crippen LogP) is 16.3. The van der Waals surface area contributed by atoms with E-state index in [4.69, 9.17) is 42.5 Å². The Labute approximate surface area is 601 Å². The largest absolute Gasteiger partial charge is 0.508 e. The highest BCUT2D eigenvalue weighted by Gasteiger charge is 2.34. The quantitative estimate of drug-likeness (QED) is 0.0420. The number of amides is 2. The van der Waals surface area contributed by atoms with Crippen LogP contribution in [0.1, 0.15) is 149 Å². The van der Waals surface area contributed by atoms with Gasteiger partial charge in [-0.25, -0.2) is 0 Å². The molecule has 7 heterocycles. The van der Waals surface area contributed by atoms with Crippen molar-refractivity contribution in [1.29, 1.82) is 0 Å². The number of nitrogens with one attached hydrogen (secondary N) is 2. The van der Waals surface area contributed by atoms with Crippen molar-refractivity contribution in [2.75, 3.05) is 114 Å². The van der Waals surface area contributed by atoms with Crippen molar-refractivity contribution in [2.45, 2.75) is 179 Å². The summed E-state index contributed by atoms with van der Waals surface area (Å²) in [5, 5.41) is 16.1. The van der Waals surface area contributed by atoms with Crippen molar-refractivity contribution in [2.24, 2.45) is 0 Å². The van der Waals surface area contributed by atoms with Crippen molar-refractivity contribution in [3.63, 3.8) is 0 Å². The molecule has 7 aliphatic rings. The molecule has 0 saturated carbocycles. The molecule has 13 nitrogen and oxygen atoms in total. The zero-order chi connectivity index (χ0) is 64.6. The number of aromatic hydroxyl groups is 1. The molecular formula is C71H107BrCl2I3N7O6. The Balaban J connectivity index is 0.000000207. The van der Waals surface area contributed by atoms with Crippen LogP contribution in [-0.4, -0.2) is 176 Å². The van der Waals surface area contributed by atoms with Gasteiger partial charge in [-0.1, -0.05) is 28.8 Å². The minimum absolute atomic E-state index is 0.238. The third-order valence-corrected chi connectivity index (χ3v) is 20.3. The normalized spacial score (nSPS) is 21.7. The molecule has 0 bridgehead atoms. The fourth-order valence-corrected chi connectivity index (χ4v) is 13.8. The topological polar surface area (TPSA) is 122 Å². The number of benzene rings is 4. The van der Waals surface area contributed by atoms with Gasteiger partial charge in [0, 0.05) is 96.7 Å². The minimum atomic E-state index is 0.238. The number of phenols is 1. The number of carbonyl (C=O) groups is 2. The van der Waals surface area contributed by atoms with Gasteiger partial charge in [0.2, 0.25) is 11.8 Å². The van der Waals surface area contributed by atoms with Crippen molar-refractivity contribution in [3.8, 4) is 23.0 Å². The van der Waals surface area contributed by atoms with Gasteiger partial charge >= 0.3 is 0 Å². The molecule has 3 unspecified atom stereocenters. The van der Waals surface area contributed by atoms with E-state index >= 15 is 0 Å². The summed E-state index contributed by atoms with van der Waals surface area (Å²) >= 11 is 20.8. The molecule has 19 heteroatoms. The molecule has 0 spiro atoms. The molecule has 7 saturated heterocycles. The lowest BCUT2D eigenvalue weighted by molar-refractivity contribution is -0.119. The average Bonchev–Trinajstić information content (AvgIpc) is 1.92. The number of hydrogen-bond donors (Lipinski definition) is 3. The number of ether oxygens (including phenoxy) is 3. The van der Waals surface area contributed by atoms with E-state index in [0.29, 0.717) is 36.7 Å². The predicted molar refractivity (Wildman–Crippen MR) is 405 cm³/mol. The van der Waals surface area contributed by atoms with E-state index in [-0.39, 0.29) is 11.8 Å². The van der Waals surface area contributed by atoms with E-state index in [9.17, 15) is 9.59 Å². The second-order valence-corrected chi connectivity index (χ2v) is 29.7. The second-order valence-electron chi connectivity index (χ2n) is 24.4. The average molecular weight is 1690 g/mol. The smallest absolute Gasteiger partial charge is 0.227 e. The number of alkyl halides is 3. The number of hydrogen-bond acceptors (Lipinski definition) is 11. The molecule has 11 rings (SSSR count). The van der Waals surface area contributed by atoms with Gasteiger partial charge in [0.15, 0.2) is 0 Å². The lowest BCUT2D eigenvalue weighted by Gasteiger charge is -2.33. The lowest BCUT2D eigenvalue weighted by Crippen LogP contribution is -2.43. The molecule has 7 fully saturated rings. The molecule has 7 aliphatic heterocycles. The highest BCUT2D eigenvalue weighted by molar-refractivity contribution is 14.1. The van der Waals surface area contributed by atoms with Crippen LogP contribution in [0, 0.1) is 10.7 Å². The van der Waals surface area contributed by atoms with E-state index in [2.05, 4.69) is 159 Å². The first-order valence-corrected chi connectivity index (χ1v) is 39.1. The van der Waals surface area contributed by atoms with Gasteiger partial charge in [0.05, 0.1) is 25.9 Å². The monoisotopic (exact) mass is 1680 g/mol. The molecule has 4 aromatic carbocycles. The molecule has 3 N–H and O–H groups in total. The fraction of sp³-hybridized carbons (Fsp3) is 0.634. The van der Waals surface area contributed by atoms with E-state index < -0.39 is 0 Å². The Bertz CT molecular complexity index is 2460. The van der Waals surface area contributed by atoms with Gasteiger partial charge in [-0.3, -0.25) is 9.59 Å². The Kier molecular flexibility index (Phi) is 41.9. The number of piperidine rings is 2. The van der Waals surface area contributed by atoms with Crippen LogP contribution in [0.4, 0.5) is 5.69 Å². The van der Waals surface area contributed by atoms with Gasteiger partial charge in [0.25, 0.3) is 0 Å². The molecule has 5 atom stereocenters. The zero-order valence-corrected chi connectivity index (χ0v) is 63.8. The first-order chi connectivity index (χ1) is 43.7. The molecule has 4 aromatic rings. The first kappa shape index (κ1) is 78.8. The van der Waals surface area contributed by atoms with Gasteiger partial charge in [-0.15, -0.1) is 23.2 Å². The van der Waals surface area contributed by atoms with Crippen molar-refractivity contribution >= 4 is 124 Å². The standard InChI is InChI=1S/C24H37N3O2.C14H20INO.C10H18N2O.C9H10ClIO.C6H5IO.C5H11N.C3H6BrCl/c1-20-7-5-16-26(20)17-6-18-29-23-11-8-21(9-12-23)27-22(10-13-24(27)28)19-25-14-3-2-4-15-25;1-12-4-2-9-16(12)10-3-11-17-14-7-5-13(15)6-8-14;13-10-5-4-9(11-10)8-12-6-2-1-3-7-12;10-6-1-7-12-9-4-2-8(11)3-5-9;7-5-1-3-6(8)4-2-5;1-5-3-2-4-6-5;4-2-1-3-5/h8-9,11-12,20,22H,2-7,10,13-19H2,1H3;5-8,12H,2-4,9-11H2,1H3;9H,1-8H2,(H,11,13);2-5H,1,6-7H2;1-4,8H;5-6H,2-4H2,1H3;1-3H2/t20?,22-;;9-;;;;/m0.0..../s1. The maximum atomic E-state index is 12.5. The van der Waals surface area contributed by atoms with E-state index in [0.717, 1.165) is 134 Å². The summed E-state index contributed by atoms with van der Waals surface area (Å²) in [6, 6.07) is 34.5. The zero-order valence-electron chi connectivity index (χ0n) is 54.3. The molecule has 0 aromatic heterocycles. The summed E-state index contributed by atoms with van der Waals surface area (Å²) < 4.78 is 20.7. The van der Waals surface area contributed by atoms with Crippen LogP contribution in [0.3, 0.4) is 0 Å². The number of halogens is 6. The van der Waals surface area contributed by atoms with Crippen molar-refractivity contribution in [1.82, 2.24) is 30.2 Å². The first-order valence-electron chi connectivity index (χ1n) is 33.6. The van der Waals surface area contributed by atoms with Crippen molar-refractivity contribution < 1.29 is 28.9 Å². The van der Waals surface area contributed by atoms with Gasteiger partial charge in [-0.2, -0.15) is 0 Å². The number of carbonyl (C=O) groups excluding carboxylic acids is 2. The summed E-state index contributed by atoms with van der Waals surface area (Å²) in [4.78, 5) is 35.7. The second kappa shape index (κ2) is 47.9. The SMILES string of the molecule is CC1CCCN1.CC1CCCN1CCCOc1ccc(I)cc1.CC1CCCN1CCCOc1ccc(N2C(=O)CC[C@H]2CN2CCCCC2)cc1.ClCCCBr.ClCCCOc1ccc(I)cc1.O=C1CC[C@@H](CN2CCCCC2)N1.Oc1ccc(I)cc1. The van der Waals surface area contributed by atoms with Crippen LogP contribution in [0.5, 0.6) is 23.0 Å². The molecule has 0 aliphatic carbocycles. The molecule has 2 amide bonds. The lowest BCUT2D eigenvalue weighted by atomic mass is 10.1. The third-order valence-electron chi connectivity index (χ3n) is 17.0. The summed E-state index contributed by atoms with van der Waals surface area (Å²) in [7, 11) is 0. The van der Waals surface area contributed by atoms with Crippen LogP contribution >= 0.6 is 107 Å². The van der Waals surface area contributed by atoms with E-state index in [1.54, 1.807) is 12.1 Å². The summed E-state index contributed by atoms with van der Waals surface area (Å²) in [6.45, 7) is 22.1. The van der Waals surface area contributed by atoms with E-state index in [1.165, 1.54) is 137 Å². The number of rotatable bonds is 21. The summed E-state index contributed by atoms with van der Waals surface area (Å²) in [5.41, 5.74) is 1.02. The number of anilines is 1. The minimum Gasteiger partial charge on any atom is -0.508 e. The Morgan fingerprint density at radius 2 is 1.00 bits per heavy atom. The molecule has 504 valence electrons. The van der Waals surface area contributed by atoms with Crippen LogP contribution in [0.25, 0.3) is 0 Å². The van der Waals surface area contributed by atoms with E-state index in [1.807, 2.05) is 65.6 Å². The molecular weight excluding hydrogens is 1580 g/mol. The maximum Gasteiger partial charge on any atom is 0.227 e. The van der Waals surface area contributed by atoms with Crippen LogP contribution in [0.2, 0.25) is 0 Å². The van der Waals surface area contributed by atoms with Crippen molar-refractivity contribution in [3.05, 3.63) is 108 Å². The highest BCUT2D eigenvalue weighted by Crippen LogP contribution is 2.30. The Hall–Kier alpha value is -1.93. The number of likely N-dealkylation sites (tertiary alicyclic amines) is 4. The van der Waals surface area contributed by atoms with Crippen LogP contribution < -0.4 is 29.7 Å². The maximum absolute atomic E-state index is 12.5. The van der Waals surface area contributed by atoms with Gasteiger partial charge in [0.1, 0.15) is 23.0 Å².